The minimum atomic E-state index is 0.00998. The maximum atomic E-state index is 12.7. The van der Waals surface area contributed by atoms with Gasteiger partial charge >= 0.3 is 0 Å². The molecule has 1 N–H and O–H groups in total. The molecule has 3 rings (SSSR count). The first-order chi connectivity index (χ1) is 9.63. The van der Waals surface area contributed by atoms with Crippen molar-refractivity contribution in [1.29, 1.82) is 0 Å². The molecule has 0 bridgehead atoms. The van der Waals surface area contributed by atoms with Crippen molar-refractivity contribution < 1.29 is 4.79 Å². The summed E-state index contributed by atoms with van der Waals surface area (Å²) in [5.41, 5.74) is 0.341. The van der Waals surface area contributed by atoms with Gasteiger partial charge in [-0.2, -0.15) is 0 Å². The Morgan fingerprint density at radius 3 is 2.85 bits per heavy atom. The lowest BCUT2D eigenvalue weighted by Crippen LogP contribution is -2.43. The molecule has 2 aliphatic rings. The Morgan fingerprint density at radius 1 is 1.50 bits per heavy atom. The number of carbonyl (C=O) groups excluding carboxylic acids is 1. The van der Waals surface area contributed by atoms with Crippen LogP contribution in [0.5, 0.6) is 0 Å². The lowest BCUT2D eigenvalue weighted by atomic mass is 9.70. The van der Waals surface area contributed by atoms with Crippen molar-refractivity contribution in [3.8, 4) is 0 Å². The molecule has 1 aliphatic heterocycles. The van der Waals surface area contributed by atoms with Crippen molar-refractivity contribution in [1.82, 2.24) is 10.2 Å². The second-order valence-corrected chi connectivity index (χ2v) is 7.54. The average Bonchev–Trinajstić information content (AvgIpc) is 3.00. The van der Waals surface area contributed by atoms with Crippen molar-refractivity contribution in [2.45, 2.75) is 58.2 Å². The zero-order valence-corrected chi connectivity index (χ0v) is 13.2. The molecular formula is C16H24N2OS. The van der Waals surface area contributed by atoms with Crippen molar-refractivity contribution in [3.63, 3.8) is 0 Å². The Balaban J connectivity index is 1.80. The van der Waals surface area contributed by atoms with Crippen molar-refractivity contribution in [2.75, 3.05) is 6.54 Å². The summed E-state index contributed by atoms with van der Waals surface area (Å²) in [7, 11) is 0. The normalized spacial score (nSPS) is 28.7. The van der Waals surface area contributed by atoms with E-state index in [1.54, 1.807) is 11.3 Å². The van der Waals surface area contributed by atoms with Crippen LogP contribution in [0.25, 0.3) is 0 Å². The Labute approximate surface area is 125 Å². The van der Waals surface area contributed by atoms with Gasteiger partial charge in [0.25, 0.3) is 0 Å². The van der Waals surface area contributed by atoms with E-state index in [0.717, 1.165) is 19.4 Å². The standard InChI is InChI=1S/C16H24N2OS/c1-3-6-12-15(19)18(11-16(2)8-5-9-16)14(17-12)13-7-4-10-20-13/h4,7,10,12,14,17H,3,5-6,8-9,11H2,1-2H3. The summed E-state index contributed by atoms with van der Waals surface area (Å²) in [4.78, 5) is 16.1. The number of carbonyl (C=O) groups is 1. The Hall–Kier alpha value is -0.870. The second kappa shape index (κ2) is 5.49. The molecule has 0 radical (unpaired) electrons. The number of hydrogen-bond donors (Lipinski definition) is 1. The third-order valence-electron chi connectivity index (χ3n) is 4.75. The van der Waals surface area contributed by atoms with Gasteiger partial charge in [-0.25, -0.2) is 0 Å². The van der Waals surface area contributed by atoms with E-state index in [1.807, 2.05) is 0 Å². The Morgan fingerprint density at radius 2 is 2.30 bits per heavy atom. The van der Waals surface area contributed by atoms with Crippen molar-refractivity contribution in [2.24, 2.45) is 5.41 Å². The summed E-state index contributed by atoms with van der Waals surface area (Å²) in [5, 5.41) is 5.65. The molecule has 2 unspecified atom stereocenters. The lowest BCUT2D eigenvalue weighted by Gasteiger charge is -2.42. The monoisotopic (exact) mass is 292 g/mol. The maximum absolute atomic E-state index is 12.7. The zero-order valence-electron chi connectivity index (χ0n) is 12.4. The smallest absolute Gasteiger partial charge is 0.241 e. The summed E-state index contributed by atoms with van der Waals surface area (Å²) in [6.45, 7) is 5.37. The fraction of sp³-hybridized carbons (Fsp3) is 0.688. The number of hydrogen-bond acceptors (Lipinski definition) is 3. The van der Waals surface area contributed by atoms with Crippen LogP contribution in [0.4, 0.5) is 0 Å². The highest BCUT2D eigenvalue weighted by atomic mass is 32.1. The van der Waals surface area contributed by atoms with Crippen LogP contribution < -0.4 is 5.32 Å². The SMILES string of the molecule is CCCC1NC(c2cccs2)N(CC2(C)CCC2)C1=O. The van der Waals surface area contributed by atoms with Gasteiger partial charge in [-0.3, -0.25) is 10.1 Å². The third-order valence-corrected chi connectivity index (χ3v) is 5.68. The van der Waals surface area contributed by atoms with Crippen LogP contribution >= 0.6 is 11.3 Å². The fourth-order valence-corrected chi connectivity index (χ4v) is 4.17. The summed E-state index contributed by atoms with van der Waals surface area (Å²) >= 11 is 1.74. The molecule has 20 heavy (non-hydrogen) atoms. The minimum absolute atomic E-state index is 0.00998. The molecular weight excluding hydrogens is 268 g/mol. The van der Waals surface area contributed by atoms with Gasteiger partial charge in [0.1, 0.15) is 6.17 Å². The molecule has 2 fully saturated rings. The summed E-state index contributed by atoms with van der Waals surface area (Å²) in [6.07, 6.45) is 5.91. The summed E-state index contributed by atoms with van der Waals surface area (Å²) < 4.78 is 0. The van der Waals surface area contributed by atoms with E-state index >= 15 is 0 Å². The molecule has 1 saturated carbocycles. The van der Waals surface area contributed by atoms with E-state index in [2.05, 4.69) is 41.6 Å². The van der Waals surface area contributed by atoms with Gasteiger partial charge < -0.3 is 4.90 Å². The molecule has 0 spiro atoms. The number of amides is 1. The molecule has 1 aromatic heterocycles. The molecule has 0 aromatic carbocycles. The van der Waals surface area contributed by atoms with E-state index in [9.17, 15) is 4.79 Å². The predicted molar refractivity (Wildman–Crippen MR) is 82.6 cm³/mol. The molecule has 3 nitrogen and oxygen atoms in total. The largest absolute Gasteiger partial charge is 0.320 e. The van der Waals surface area contributed by atoms with Crippen LogP contribution in [0, 0.1) is 5.41 Å². The quantitative estimate of drug-likeness (QED) is 0.900. The highest BCUT2D eigenvalue weighted by molar-refractivity contribution is 7.10. The molecule has 1 saturated heterocycles. The van der Waals surface area contributed by atoms with E-state index in [-0.39, 0.29) is 12.2 Å². The third kappa shape index (κ3) is 2.51. The van der Waals surface area contributed by atoms with E-state index in [0.29, 0.717) is 11.3 Å². The maximum Gasteiger partial charge on any atom is 0.241 e. The van der Waals surface area contributed by atoms with Gasteiger partial charge in [-0.15, -0.1) is 11.3 Å². The second-order valence-electron chi connectivity index (χ2n) is 6.56. The Kier molecular flexibility index (Phi) is 3.87. The number of nitrogens with zero attached hydrogens (tertiary/aromatic N) is 1. The highest BCUT2D eigenvalue weighted by Gasteiger charge is 2.44. The van der Waals surface area contributed by atoms with Crippen LogP contribution in [0.1, 0.15) is 57.0 Å². The summed E-state index contributed by atoms with van der Waals surface area (Å²) in [6, 6.07) is 4.22. The number of nitrogens with one attached hydrogen (secondary N) is 1. The van der Waals surface area contributed by atoms with E-state index < -0.39 is 0 Å². The van der Waals surface area contributed by atoms with Gasteiger partial charge in [0.15, 0.2) is 0 Å². The molecule has 110 valence electrons. The van der Waals surface area contributed by atoms with Gasteiger partial charge in [0.05, 0.1) is 6.04 Å². The molecule has 1 amide bonds. The van der Waals surface area contributed by atoms with Crippen LogP contribution in [0.3, 0.4) is 0 Å². The summed E-state index contributed by atoms with van der Waals surface area (Å²) in [5.74, 6) is 0.304. The van der Waals surface area contributed by atoms with Gasteiger partial charge in [0.2, 0.25) is 5.91 Å². The van der Waals surface area contributed by atoms with Crippen molar-refractivity contribution >= 4 is 17.2 Å². The average molecular weight is 292 g/mol. The number of thiophene rings is 1. The molecule has 2 heterocycles. The van der Waals surface area contributed by atoms with Gasteiger partial charge in [-0.1, -0.05) is 32.8 Å². The van der Waals surface area contributed by atoms with Crippen LogP contribution in [0.15, 0.2) is 17.5 Å². The van der Waals surface area contributed by atoms with E-state index in [4.69, 9.17) is 0 Å². The highest BCUT2D eigenvalue weighted by Crippen LogP contribution is 2.43. The zero-order chi connectivity index (χ0) is 14.2. The van der Waals surface area contributed by atoms with E-state index in [1.165, 1.54) is 24.1 Å². The first-order valence-electron chi connectivity index (χ1n) is 7.73. The Bertz CT molecular complexity index is 467. The molecule has 4 heteroatoms. The van der Waals surface area contributed by atoms with Crippen molar-refractivity contribution in [3.05, 3.63) is 22.4 Å². The van der Waals surface area contributed by atoms with Gasteiger partial charge in [0, 0.05) is 11.4 Å². The van der Waals surface area contributed by atoms with Gasteiger partial charge in [-0.05, 0) is 36.1 Å². The topological polar surface area (TPSA) is 32.3 Å². The number of rotatable bonds is 5. The van der Waals surface area contributed by atoms with Crippen LogP contribution in [-0.4, -0.2) is 23.4 Å². The first-order valence-corrected chi connectivity index (χ1v) is 8.61. The fourth-order valence-electron chi connectivity index (χ4n) is 3.38. The predicted octanol–water partition coefficient (Wildman–Crippen LogP) is 3.54. The molecule has 2 atom stereocenters. The molecule has 1 aromatic rings. The lowest BCUT2D eigenvalue weighted by molar-refractivity contribution is -0.132. The molecule has 1 aliphatic carbocycles. The minimum Gasteiger partial charge on any atom is -0.320 e. The van der Waals surface area contributed by atoms with Crippen LogP contribution in [-0.2, 0) is 4.79 Å². The first kappa shape index (κ1) is 14.1. The van der Waals surface area contributed by atoms with Crippen LogP contribution in [0.2, 0.25) is 0 Å².